The minimum absolute atomic E-state index is 0.0182. The summed E-state index contributed by atoms with van der Waals surface area (Å²) in [5.74, 6) is -1.37. The number of carboxylic acids is 1. The van der Waals surface area contributed by atoms with E-state index in [4.69, 9.17) is 14.3 Å². The van der Waals surface area contributed by atoms with Gasteiger partial charge in [0.15, 0.2) is 6.61 Å². The van der Waals surface area contributed by atoms with Gasteiger partial charge in [0.1, 0.15) is 11.3 Å². The number of hydrogen-bond acceptors (Lipinski definition) is 5. The minimum atomic E-state index is -1.12. The lowest BCUT2D eigenvalue weighted by Crippen LogP contribution is -2.08. The first-order valence-corrected chi connectivity index (χ1v) is 4.08. The van der Waals surface area contributed by atoms with Crippen molar-refractivity contribution in [3.63, 3.8) is 0 Å². The maximum Gasteiger partial charge on any atom is 0.341 e. The van der Waals surface area contributed by atoms with Crippen LogP contribution in [0.15, 0.2) is 10.5 Å². The highest BCUT2D eigenvalue weighted by Crippen LogP contribution is 2.21. The van der Waals surface area contributed by atoms with Crippen LogP contribution in [0.2, 0.25) is 0 Å². The van der Waals surface area contributed by atoms with E-state index in [0.717, 1.165) is 0 Å². The molecule has 0 spiro atoms. The molecule has 0 atom stereocenters. The number of hydrogen-bond donors (Lipinski definition) is 1. The first kappa shape index (κ1) is 11.1. The van der Waals surface area contributed by atoms with Gasteiger partial charge in [0, 0.05) is 6.07 Å². The number of furan rings is 1. The molecule has 0 amide bonds. The highest BCUT2D eigenvalue weighted by Gasteiger charge is 2.16. The molecule has 1 heterocycles. The molecule has 0 aromatic carbocycles. The van der Waals surface area contributed by atoms with Crippen molar-refractivity contribution in [1.82, 2.24) is 0 Å². The lowest BCUT2D eigenvalue weighted by Gasteiger charge is -1.95. The standard InChI is InChI=1S/C9H10O6/c1-5-6(9(12)13-2)3-8(15-5)14-4-7(10)11/h3H,4H2,1-2H3,(H,10,11). The Kier molecular flexibility index (Phi) is 3.33. The second-order valence-corrected chi connectivity index (χ2v) is 2.71. The Labute approximate surface area is 85.4 Å². The Morgan fingerprint density at radius 2 is 2.20 bits per heavy atom. The fourth-order valence-electron chi connectivity index (χ4n) is 0.971. The van der Waals surface area contributed by atoms with E-state index in [2.05, 4.69) is 4.74 Å². The molecular weight excluding hydrogens is 204 g/mol. The molecule has 1 N–H and O–H groups in total. The highest BCUT2D eigenvalue weighted by molar-refractivity contribution is 5.90. The molecule has 0 radical (unpaired) electrons. The lowest BCUT2D eigenvalue weighted by atomic mass is 10.3. The van der Waals surface area contributed by atoms with Gasteiger partial charge in [-0.05, 0) is 6.92 Å². The third-order valence-electron chi connectivity index (χ3n) is 1.64. The topological polar surface area (TPSA) is 86.0 Å². The van der Waals surface area contributed by atoms with Crippen molar-refractivity contribution in [3.05, 3.63) is 17.4 Å². The summed E-state index contributed by atoms with van der Waals surface area (Å²) in [5.41, 5.74) is 0.220. The second-order valence-electron chi connectivity index (χ2n) is 2.71. The molecule has 0 unspecified atom stereocenters. The van der Waals surface area contributed by atoms with Gasteiger partial charge < -0.3 is 19.0 Å². The Hall–Kier alpha value is -1.98. The molecule has 0 aliphatic heterocycles. The molecule has 6 heteroatoms. The van der Waals surface area contributed by atoms with E-state index in [1.54, 1.807) is 6.92 Å². The number of carboxylic acid groups (broad SMARTS) is 1. The van der Waals surface area contributed by atoms with E-state index in [-0.39, 0.29) is 11.5 Å². The van der Waals surface area contributed by atoms with Crippen LogP contribution < -0.4 is 4.74 Å². The summed E-state index contributed by atoms with van der Waals surface area (Å²) in [6, 6.07) is 1.30. The SMILES string of the molecule is COC(=O)c1cc(OCC(=O)O)oc1C. The summed E-state index contributed by atoms with van der Waals surface area (Å²) in [6.45, 7) is 1.04. The maximum absolute atomic E-state index is 11.1. The fraction of sp³-hybridized carbons (Fsp3) is 0.333. The van der Waals surface area contributed by atoms with Gasteiger partial charge in [-0.25, -0.2) is 9.59 Å². The van der Waals surface area contributed by atoms with Crippen LogP contribution in [0.1, 0.15) is 16.1 Å². The highest BCUT2D eigenvalue weighted by atomic mass is 16.6. The minimum Gasteiger partial charge on any atom is -0.479 e. The predicted octanol–water partition coefficient (Wildman–Crippen LogP) is 0.838. The molecule has 1 rings (SSSR count). The average Bonchev–Trinajstić information content (AvgIpc) is 2.55. The number of rotatable bonds is 4. The molecule has 0 saturated heterocycles. The van der Waals surface area contributed by atoms with Crippen LogP contribution in [-0.2, 0) is 9.53 Å². The molecule has 0 aliphatic rings. The van der Waals surface area contributed by atoms with E-state index >= 15 is 0 Å². The van der Waals surface area contributed by atoms with Gasteiger partial charge in [-0.2, -0.15) is 0 Å². The van der Waals surface area contributed by atoms with Crippen molar-refractivity contribution >= 4 is 11.9 Å². The van der Waals surface area contributed by atoms with Crippen LogP contribution >= 0.6 is 0 Å². The van der Waals surface area contributed by atoms with Gasteiger partial charge in [-0.15, -0.1) is 0 Å². The molecule has 6 nitrogen and oxygen atoms in total. The zero-order chi connectivity index (χ0) is 11.4. The van der Waals surface area contributed by atoms with Crippen molar-refractivity contribution in [3.8, 4) is 5.95 Å². The van der Waals surface area contributed by atoms with Crippen molar-refractivity contribution in [1.29, 1.82) is 0 Å². The predicted molar refractivity (Wildman–Crippen MR) is 47.9 cm³/mol. The quantitative estimate of drug-likeness (QED) is 0.747. The van der Waals surface area contributed by atoms with Crippen LogP contribution in [0.25, 0.3) is 0 Å². The molecule has 0 bridgehead atoms. The van der Waals surface area contributed by atoms with Crippen molar-refractivity contribution in [2.45, 2.75) is 6.92 Å². The summed E-state index contributed by atoms with van der Waals surface area (Å²) in [5, 5.41) is 8.35. The lowest BCUT2D eigenvalue weighted by molar-refractivity contribution is -0.139. The first-order chi connectivity index (χ1) is 7.04. The number of esters is 1. The van der Waals surface area contributed by atoms with E-state index in [0.29, 0.717) is 5.76 Å². The van der Waals surface area contributed by atoms with Crippen molar-refractivity contribution in [2.75, 3.05) is 13.7 Å². The fourth-order valence-corrected chi connectivity index (χ4v) is 0.971. The Balaban J connectivity index is 2.76. The molecule has 1 aromatic heterocycles. The Morgan fingerprint density at radius 1 is 1.53 bits per heavy atom. The number of aliphatic carboxylic acids is 1. The third-order valence-corrected chi connectivity index (χ3v) is 1.64. The second kappa shape index (κ2) is 4.50. The smallest absolute Gasteiger partial charge is 0.341 e. The molecule has 1 aromatic rings. The van der Waals surface area contributed by atoms with Crippen LogP contribution in [0, 0.1) is 6.92 Å². The number of methoxy groups -OCH3 is 1. The van der Waals surface area contributed by atoms with Crippen LogP contribution in [-0.4, -0.2) is 30.8 Å². The van der Waals surface area contributed by atoms with Gasteiger partial charge >= 0.3 is 11.9 Å². The third kappa shape index (κ3) is 2.73. The largest absolute Gasteiger partial charge is 0.479 e. The maximum atomic E-state index is 11.1. The van der Waals surface area contributed by atoms with E-state index in [1.807, 2.05) is 0 Å². The average molecular weight is 214 g/mol. The zero-order valence-electron chi connectivity index (χ0n) is 8.27. The summed E-state index contributed by atoms with van der Waals surface area (Å²) in [6.07, 6.45) is 0. The monoisotopic (exact) mass is 214 g/mol. The summed E-state index contributed by atoms with van der Waals surface area (Å²) in [4.78, 5) is 21.3. The Bertz CT molecular complexity index is 378. The van der Waals surface area contributed by atoms with E-state index in [1.165, 1.54) is 13.2 Å². The number of carbonyl (C=O) groups excluding carboxylic acids is 1. The summed E-state index contributed by atoms with van der Waals surface area (Å²) >= 11 is 0. The summed E-state index contributed by atoms with van der Waals surface area (Å²) < 4.78 is 14.2. The van der Waals surface area contributed by atoms with E-state index in [9.17, 15) is 9.59 Å². The molecule has 0 aliphatic carbocycles. The first-order valence-electron chi connectivity index (χ1n) is 4.08. The van der Waals surface area contributed by atoms with Gasteiger partial charge in [-0.3, -0.25) is 0 Å². The van der Waals surface area contributed by atoms with Crippen LogP contribution in [0.5, 0.6) is 5.95 Å². The van der Waals surface area contributed by atoms with Gasteiger partial charge in [0.05, 0.1) is 7.11 Å². The van der Waals surface area contributed by atoms with Gasteiger partial charge in [0.2, 0.25) is 0 Å². The van der Waals surface area contributed by atoms with Crippen molar-refractivity contribution in [2.24, 2.45) is 0 Å². The van der Waals surface area contributed by atoms with Crippen LogP contribution in [0.3, 0.4) is 0 Å². The number of carbonyl (C=O) groups is 2. The molecule has 82 valence electrons. The van der Waals surface area contributed by atoms with Crippen molar-refractivity contribution < 1.29 is 28.6 Å². The number of ether oxygens (including phenoxy) is 2. The van der Waals surface area contributed by atoms with Gasteiger partial charge in [-0.1, -0.05) is 0 Å². The molecule has 0 saturated carbocycles. The molecular formula is C9H10O6. The normalized spacial score (nSPS) is 9.73. The van der Waals surface area contributed by atoms with E-state index < -0.39 is 18.5 Å². The molecule has 15 heavy (non-hydrogen) atoms. The van der Waals surface area contributed by atoms with Gasteiger partial charge in [0.25, 0.3) is 5.95 Å². The number of aryl methyl sites for hydroxylation is 1. The zero-order valence-corrected chi connectivity index (χ0v) is 8.27. The summed E-state index contributed by atoms with van der Waals surface area (Å²) in [7, 11) is 1.24. The molecule has 0 fully saturated rings. The van der Waals surface area contributed by atoms with Crippen LogP contribution in [0.4, 0.5) is 0 Å². The Morgan fingerprint density at radius 3 is 2.73 bits per heavy atom.